The lowest BCUT2D eigenvalue weighted by Crippen LogP contribution is -2.57. The van der Waals surface area contributed by atoms with Crippen molar-refractivity contribution in [1.29, 1.82) is 0 Å². The van der Waals surface area contributed by atoms with Gasteiger partial charge in [0.25, 0.3) is 0 Å². The van der Waals surface area contributed by atoms with Gasteiger partial charge in [-0.15, -0.1) is 0 Å². The van der Waals surface area contributed by atoms with Gasteiger partial charge in [0.15, 0.2) is 0 Å². The molecule has 2 atom stereocenters. The van der Waals surface area contributed by atoms with Gasteiger partial charge >= 0.3 is 0 Å². The van der Waals surface area contributed by atoms with Crippen molar-refractivity contribution >= 4 is 11.6 Å². The average Bonchev–Trinajstić information content (AvgIpc) is 2.47. The van der Waals surface area contributed by atoms with E-state index in [1.807, 2.05) is 0 Å². The first-order chi connectivity index (χ1) is 9.63. The molecule has 110 valence electrons. The summed E-state index contributed by atoms with van der Waals surface area (Å²) in [6.45, 7) is 3.46. The van der Waals surface area contributed by atoms with Crippen molar-refractivity contribution in [2.75, 3.05) is 32.6 Å². The Kier molecular flexibility index (Phi) is 4.81. The van der Waals surface area contributed by atoms with Crippen LogP contribution in [0.1, 0.15) is 6.92 Å². The van der Waals surface area contributed by atoms with Gasteiger partial charge < -0.3 is 25.4 Å². The second kappa shape index (κ2) is 6.58. The highest BCUT2D eigenvalue weighted by Crippen LogP contribution is 2.28. The smallest absolute Gasteiger partial charge is 0.242 e. The molecule has 0 aliphatic carbocycles. The Balaban J connectivity index is 2.06. The van der Waals surface area contributed by atoms with E-state index in [2.05, 4.69) is 22.9 Å². The molecule has 1 aromatic carbocycles. The van der Waals surface area contributed by atoms with Crippen LogP contribution in [0.4, 0.5) is 5.69 Å². The van der Waals surface area contributed by atoms with Crippen LogP contribution in [-0.2, 0) is 4.79 Å². The molecule has 1 aromatic rings. The third kappa shape index (κ3) is 3.40. The molecule has 0 radical (unpaired) electrons. The van der Waals surface area contributed by atoms with Gasteiger partial charge in [-0.25, -0.2) is 0 Å². The van der Waals surface area contributed by atoms with Crippen LogP contribution in [0.25, 0.3) is 0 Å². The maximum atomic E-state index is 12.2. The number of rotatable bonds is 4. The quantitative estimate of drug-likeness (QED) is 0.752. The van der Waals surface area contributed by atoms with Gasteiger partial charge in [0.2, 0.25) is 5.91 Å². The van der Waals surface area contributed by atoms with E-state index in [4.69, 9.17) is 9.47 Å². The fraction of sp³-hybridized carbons (Fsp3) is 0.500. The van der Waals surface area contributed by atoms with Gasteiger partial charge in [-0.2, -0.15) is 0 Å². The molecule has 1 heterocycles. The average molecular weight is 279 g/mol. The third-order valence-corrected chi connectivity index (χ3v) is 3.32. The Morgan fingerprint density at radius 2 is 2.05 bits per heavy atom. The summed E-state index contributed by atoms with van der Waals surface area (Å²) >= 11 is 0. The lowest BCUT2D eigenvalue weighted by Gasteiger charge is -2.28. The van der Waals surface area contributed by atoms with E-state index in [-0.39, 0.29) is 11.9 Å². The molecule has 0 saturated carbocycles. The molecule has 3 N–H and O–H groups in total. The standard InChI is InChI=1S/C14H21N3O3/c1-9-7-16-12(8-15-9)14(18)17-11-6-10(19-2)4-5-13(11)20-3/h4-6,9,12,15-16H,7-8H2,1-3H3,(H,17,18). The largest absolute Gasteiger partial charge is 0.497 e. The van der Waals surface area contributed by atoms with E-state index in [1.165, 1.54) is 0 Å². The molecular formula is C14H21N3O3. The SMILES string of the molecule is COc1ccc(OC)c(NC(=O)C2CNC(C)CN2)c1. The van der Waals surface area contributed by atoms with Crippen LogP contribution in [0.15, 0.2) is 18.2 Å². The van der Waals surface area contributed by atoms with Gasteiger partial charge in [0.05, 0.1) is 25.9 Å². The number of hydrogen-bond acceptors (Lipinski definition) is 5. The van der Waals surface area contributed by atoms with Crippen molar-refractivity contribution in [3.63, 3.8) is 0 Å². The van der Waals surface area contributed by atoms with E-state index in [1.54, 1.807) is 32.4 Å². The molecule has 6 heteroatoms. The minimum absolute atomic E-state index is 0.0871. The van der Waals surface area contributed by atoms with Crippen LogP contribution in [0.5, 0.6) is 11.5 Å². The second-order valence-electron chi connectivity index (χ2n) is 4.83. The van der Waals surface area contributed by atoms with Crippen molar-refractivity contribution in [2.45, 2.75) is 19.0 Å². The predicted molar refractivity (Wildman–Crippen MR) is 77.4 cm³/mol. The molecule has 1 aliphatic rings. The maximum absolute atomic E-state index is 12.2. The Labute approximate surface area is 118 Å². The number of carbonyl (C=O) groups is 1. The molecule has 1 saturated heterocycles. The normalized spacial score (nSPS) is 22.1. The van der Waals surface area contributed by atoms with Crippen LogP contribution in [0.2, 0.25) is 0 Å². The fourth-order valence-electron chi connectivity index (χ4n) is 2.10. The molecule has 1 fully saturated rings. The summed E-state index contributed by atoms with van der Waals surface area (Å²) in [5.41, 5.74) is 0.609. The lowest BCUT2D eigenvalue weighted by molar-refractivity contribution is -0.118. The summed E-state index contributed by atoms with van der Waals surface area (Å²) in [7, 11) is 3.15. The van der Waals surface area contributed by atoms with Gasteiger partial charge in [-0.1, -0.05) is 0 Å². The summed E-state index contributed by atoms with van der Waals surface area (Å²) in [4.78, 5) is 12.2. The van der Waals surface area contributed by atoms with Gasteiger partial charge in [0.1, 0.15) is 11.5 Å². The van der Waals surface area contributed by atoms with Crippen molar-refractivity contribution in [1.82, 2.24) is 10.6 Å². The number of amides is 1. The van der Waals surface area contributed by atoms with E-state index >= 15 is 0 Å². The molecule has 20 heavy (non-hydrogen) atoms. The third-order valence-electron chi connectivity index (χ3n) is 3.32. The highest BCUT2D eigenvalue weighted by Gasteiger charge is 2.24. The second-order valence-corrected chi connectivity index (χ2v) is 4.83. The van der Waals surface area contributed by atoms with Gasteiger partial charge in [0, 0.05) is 25.2 Å². The first-order valence-electron chi connectivity index (χ1n) is 6.63. The van der Waals surface area contributed by atoms with Crippen molar-refractivity contribution in [3.8, 4) is 11.5 Å². The number of anilines is 1. The molecule has 2 unspecified atom stereocenters. The first kappa shape index (κ1) is 14.6. The zero-order chi connectivity index (χ0) is 14.5. The summed E-state index contributed by atoms with van der Waals surface area (Å²) in [6.07, 6.45) is 0. The number of benzene rings is 1. The van der Waals surface area contributed by atoms with E-state index in [9.17, 15) is 4.79 Å². The molecule has 0 bridgehead atoms. The molecular weight excluding hydrogens is 258 g/mol. The molecule has 0 spiro atoms. The molecule has 0 aromatic heterocycles. The Morgan fingerprint density at radius 1 is 1.25 bits per heavy atom. The maximum Gasteiger partial charge on any atom is 0.242 e. The number of piperazine rings is 1. The molecule has 6 nitrogen and oxygen atoms in total. The first-order valence-corrected chi connectivity index (χ1v) is 6.63. The van der Waals surface area contributed by atoms with E-state index < -0.39 is 0 Å². The van der Waals surface area contributed by atoms with Gasteiger partial charge in [-0.3, -0.25) is 4.79 Å². The number of hydrogen-bond donors (Lipinski definition) is 3. The van der Waals surface area contributed by atoms with Crippen LogP contribution in [0, 0.1) is 0 Å². The van der Waals surface area contributed by atoms with Crippen LogP contribution in [-0.4, -0.2) is 45.3 Å². The molecule has 1 amide bonds. The summed E-state index contributed by atoms with van der Waals surface area (Å²) < 4.78 is 10.4. The summed E-state index contributed by atoms with van der Waals surface area (Å²) in [5, 5.41) is 9.35. The highest BCUT2D eigenvalue weighted by atomic mass is 16.5. The van der Waals surface area contributed by atoms with Crippen molar-refractivity contribution < 1.29 is 14.3 Å². The van der Waals surface area contributed by atoms with Crippen molar-refractivity contribution in [2.24, 2.45) is 0 Å². The van der Waals surface area contributed by atoms with Gasteiger partial charge in [-0.05, 0) is 19.1 Å². The van der Waals surface area contributed by atoms with Crippen LogP contribution < -0.4 is 25.4 Å². The van der Waals surface area contributed by atoms with Crippen molar-refractivity contribution in [3.05, 3.63) is 18.2 Å². The monoisotopic (exact) mass is 279 g/mol. The highest BCUT2D eigenvalue weighted by molar-refractivity contribution is 5.96. The zero-order valence-corrected chi connectivity index (χ0v) is 12.0. The number of carbonyl (C=O) groups excluding carboxylic acids is 1. The van der Waals surface area contributed by atoms with Crippen LogP contribution >= 0.6 is 0 Å². The predicted octanol–water partition coefficient (Wildman–Crippen LogP) is 0.592. The number of methoxy groups -OCH3 is 2. The Hall–Kier alpha value is -1.79. The fourth-order valence-corrected chi connectivity index (χ4v) is 2.10. The molecule has 1 aliphatic heterocycles. The minimum Gasteiger partial charge on any atom is -0.497 e. The number of ether oxygens (including phenoxy) is 2. The summed E-state index contributed by atoms with van der Waals surface area (Å²) in [6, 6.07) is 5.43. The Bertz CT molecular complexity index is 471. The zero-order valence-electron chi connectivity index (χ0n) is 12.0. The Morgan fingerprint density at radius 3 is 2.65 bits per heavy atom. The summed E-state index contributed by atoms with van der Waals surface area (Å²) in [5.74, 6) is 1.19. The minimum atomic E-state index is -0.248. The van der Waals surface area contributed by atoms with Crippen LogP contribution in [0.3, 0.4) is 0 Å². The van der Waals surface area contributed by atoms with E-state index in [0.29, 0.717) is 29.8 Å². The lowest BCUT2D eigenvalue weighted by atomic mass is 10.1. The molecule has 2 rings (SSSR count). The number of nitrogens with one attached hydrogen (secondary N) is 3. The van der Waals surface area contributed by atoms with E-state index in [0.717, 1.165) is 6.54 Å². The topological polar surface area (TPSA) is 71.6 Å².